The predicted octanol–water partition coefficient (Wildman–Crippen LogP) is 2.37. The third kappa shape index (κ3) is 6.69. The van der Waals surface area contributed by atoms with Crippen molar-refractivity contribution in [3.63, 3.8) is 0 Å². The number of carbonyl (C=O) groups excluding carboxylic acids is 1. The van der Waals surface area contributed by atoms with Gasteiger partial charge in [-0.15, -0.1) is 12.4 Å². The second-order valence-electron chi connectivity index (χ2n) is 5.05. The van der Waals surface area contributed by atoms with Crippen molar-refractivity contribution in [2.24, 2.45) is 5.73 Å². The Balaban J connectivity index is 0.00000400. The van der Waals surface area contributed by atoms with Crippen molar-refractivity contribution < 1.29 is 14.3 Å². The van der Waals surface area contributed by atoms with Gasteiger partial charge >= 0.3 is 0 Å². The summed E-state index contributed by atoms with van der Waals surface area (Å²) in [7, 11) is 1.56. The van der Waals surface area contributed by atoms with E-state index in [1.807, 2.05) is 20.8 Å². The van der Waals surface area contributed by atoms with Crippen molar-refractivity contribution >= 4 is 18.3 Å². The molecule has 0 saturated carbocycles. The summed E-state index contributed by atoms with van der Waals surface area (Å²) in [4.78, 5) is 12.0. The minimum absolute atomic E-state index is 0. The molecule has 0 saturated heterocycles. The van der Waals surface area contributed by atoms with E-state index in [9.17, 15) is 4.79 Å². The highest BCUT2D eigenvalue weighted by molar-refractivity contribution is 5.94. The lowest BCUT2D eigenvalue weighted by atomic mass is 10.1. The van der Waals surface area contributed by atoms with Crippen LogP contribution < -0.4 is 20.5 Å². The Morgan fingerprint density at radius 1 is 1.29 bits per heavy atom. The molecule has 0 radical (unpaired) electrons. The zero-order chi connectivity index (χ0) is 15.1. The van der Waals surface area contributed by atoms with Gasteiger partial charge in [0.1, 0.15) is 0 Å². The smallest absolute Gasteiger partial charge is 0.251 e. The largest absolute Gasteiger partial charge is 0.493 e. The first kappa shape index (κ1) is 19.5. The molecule has 0 aliphatic carbocycles. The topological polar surface area (TPSA) is 73.6 Å². The molecule has 0 heterocycles. The minimum atomic E-state index is -0.139. The van der Waals surface area contributed by atoms with E-state index in [1.54, 1.807) is 25.3 Å². The molecule has 1 rings (SSSR count). The van der Waals surface area contributed by atoms with Crippen molar-refractivity contribution in [2.75, 3.05) is 13.7 Å². The van der Waals surface area contributed by atoms with E-state index in [4.69, 9.17) is 15.2 Å². The van der Waals surface area contributed by atoms with Crippen LogP contribution in [0, 0.1) is 0 Å². The lowest BCUT2D eigenvalue weighted by molar-refractivity contribution is 0.0952. The average molecular weight is 317 g/mol. The molecule has 1 amide bonds. The SMILES string of the molecule is COc1cc(C(=O)NCCC(C)N)ccc1OC(C)C.Cl. The Kier molecular flexibility index (Phi) is 8.81. The second kappa shape index (κ2) is 9.47. The summed E-state index contributed by atoms with van der Waals surface area (Å²) in [6.07, 6.45) is 0.798. The quantitative estimate of drug-likeness (QED) is 0.810. The van der Waals surface area contributed by atoms with Gasteiger partial charge in [-0.1, -0.05) is 0 Å². The number of amides is 1. The van der Waals surface area contributed by atoms with Crippen LogP contribution in [0.2, 0.25) is 0 Å². The molecular weight excluding hydrogens is 292 g/mol. The first-order valence-corrected chi connectivity index (χ1v) is 6.82. The van der Waals surface area contributed by atoms with Gasteiger partial charge in [0, 0.05) is 18.2 Å². The average Bonchev–Trinajstić information content (AvgIpc) is 2.37. The summed E-state index contributed by atoms with van der Waals surface area (Å²) in [5, 5.41) is 2.83. The number of nitrogens with two attached hydrogens (primary N) is 1. The van der Waals surface area contributed by atoms with Crippen molar-refractivity contribution in [1.82, 2.24) is 5.32 Å². The molecule has 1 unspecified atom stereocenters. The zero-order valence-electron chi connectivity index (χ0n) is 13.0. The molecule has 1 aromatic rings. The summed E-state index contributed by atoms with van der Waals surface area (Å²) >= 11 is 0. The highest BCUT2D eigenvalue weighted by Crippen LogP contribution is 2.28. The van der Waals surface area contributed by atoms with Crippen molar-refractivity contribution in [1.29, 1.82) is 0 Å². The van der Waals surface area contributed by atoms with Gasteiger partial charge in [-0.3, -0.25) is 4.79 Å². The van der Waals surface area contributed by atoms with Crippen LogP contribution in [0.5, 0.6) is 11.5 Å². The fourth-order valence-corrected chi connectivity index (χ4v) is 1.68. The number of nitrogens with one attached hydrogen (secondary N) is 1. The van der Waals surface area contributed by atoms with Gasteiger partial charge in [0.15, 0.2) is 11.5 Å². The van der Waals surface area contributed by atoms with Crippen LogP contribution in [-0.2, 0) is 0 Å². The van der Waals surface area contributed by atoms with Crippen LogP contribution >= 0.6 is 12.4 Å². The van der Waals surface area contributed by atoms with Crippen LogP contribution in [0.25, 0.3) is 0 Å². The summed E-state index contributed by atoms with van der Waals surface area (Å²) in [6.45, 7) is 6.35. The Labute approximate surface area is 132 Å². The standard InChI is InChI=1S/C15H24N2O3.ClH/c1-10(2)20-13-6-5-12(9-14(13)19-4)15(18)17-8-7-11(3)16;/h5-6,9-11H,7-8,16H2,1-4H3,(H,17,18);1H. The van der Waals surface area contributed by atoms with Crippen molar-refractivity contribution in [3.8, 4) is 11.5 Å². The van der Waals surface area contributed by atoms with Crippen LogP contribution in [0.4, 0.5) is 0 Å². The van der Waals surface area contributed by atoms with E-state index < -0.39 is 0 Å². The van der Waals surface area contributed by atoms with E-state index in [0.29, 0.717) is 23.6 Å². The molecule has 3 N–H and O–H groups in total. The molecule has 0 aliphatic heterocycles. The third-order valence-corrected chi connectivity index (χ3v) is 2.67. The number of halogens is 1. The van der Waals surface area contributed by atoms with Crippen molar-refractivity contribution in [2.45, 2.75) is 39.3 Å². The highest BCUT2D eigenvalue weighted by atomic mass is 35.5. The highest BCUT2D eigenvalue weighted by Gasteiger charge is 2.12. The number of benzene rings is 1. The zero-order valence-corrected chi connectivity index (χ0v) is 13.8. The normalized spacial score (nSPS) is 11.5. The second-order valence-corrected chi connectivity index (χ2v) is 5.05. The lowest BCUT2D eigenvalue weighted by Gasteiger charge is -2.14. The van der Waals surface area contributed by atoms with E-state index in [-0.39, 0.29) is 30.5 Å². The number of ether oxygens (including phenoxy) is 2. The number of hydrogen-bond acceptors (Lipinski definition) is 4. The molecule has 1 aromatic carbocycles. The Bertz CT molecular complexity index is 451. The third-order valence-electron chi connectivity index (χ3n) is 2.67. The molecule has 1 atom stereocenters. The maximum atomic E-state index is 12.0. The molecular formula is C15H25ClN2O3. The van der Waals surface area contributed by atoms with Crippen LogP contribution in [0.15, 0.2) is 18.2 Å². The van der Waals surface area contributed by atoms with Crippen LogP contribution in [0.1, 0.15) is 37.6 Å². The van der Waals surface area contributed by atoms with Gasteiger partial charge in [0.25, 0.3) is 5.91 Å². The van der Waals surface area contributed by atoms with E-state index in [1.165, 1.54) is 0 Å². The number of methoxy groups -OCH3 is 1. The molecule has 5 nitrogen and oxygen atoms in total. The van der Waals surface area contributed by atoms with Crippen LogP contribution in [0.3, 0.4) is 0 Å². The van der Waals surface area contributed by atoms with Crippen LogP contribution in [-0.4, -0.2) is 31.7 Å². The van der Waals surface area contributed by atoms with Gasteiger partial charge in [0.05, 0.1) is 13.2 Å². The molecule has 0 bridgehead atoms. The minimum Gasteiger partial charge on any atom is -0.493 e. The van der Waals surface area contributed by atoms with E-state index in [0.717, 1.165) is 6.42 Å². The van der Waals surface area contributed by atoms with E-state index >= 15 is 0 Å². The summed E-state index contributed by atoms with van der Waals surface area (Å²) in [6, 6.07) is 5.23. The number of carbonyl (C=O) groups is 1. The molecule has 21 heavy (non-hydrogen) atoms. The molecule has 120 valence electrons. The Morgan fingerprint density at radius 2 is 1.95 bits per heavy atom. The molecule has 0 spiro atoms. The fourth-order valence-electron chi connectivity index (χ4n) is 1.68. The molecule has 0 aliphatic rings. The summed E-state index contributed by atoms with van der Waals surface area (Å²) in [5.41, 5.74) is 6.19. The van der Waals surface area contributed by atoms with Crippen molar-refractivity contribution in [3.05, 3.63) is 23.8 Å². The first-order chi connectivity index (χ1) is 9.43. The molecule has 6 heteroatoms. The Morgan fingerprint density at radius 3 is 2.48 bits per heavy atom. The van der Waals surface area contributed by atoms with Gasteiger partial charge in [-0.05, 0) is 45.4 Å². The maximum absolute atomic E-state index is 12.0. The molecule has 0 aromatic heterocycles. The number of rotatable bonds is 7. The van der Waals surface area contributed by atoms with Gasteiger partial charge in [-0.2, -0.15) is 0 Å². The van der Waals surface area contributed by atoms with Gasteiger partial charge < -0.3 is 20.5 Å². The number of hydrogen-bond donors (Lipinski definition) is 2. The summed E-state index contributed by atoms with van der Waals surface area (Å²) in [5.74, 6) is 1.05. The first-order valence-electron chi connectivity index (χ1n) is 6.82. The van der Waals surface area contributed by atoms with Gasteiger partial charge in [-0.25, -0.2) is 0 Å². The maximum Gasteiger partial charge on any atom is 0.251 e. The predicted molar refractivity (Wildman–Crippen MR) is 86.6 cm³/mol. The van der Waals surface area contributed by atoms with Gasteiger partial charge in [0.2, 0.25) is 0 Å². The fraction of sp³-hybridized carbons (Fsp3) is 0.533. The lowest BCUT2D eigenvalue weighted by Crippen LogP contribution is -2.28. The monoisotopic (exact) mass is 316 g/mol. The van der Waals surface area contributed by atoms with E-state index in [2.05, 4.69) is 5.32 Å². The molecule has 0 fully saturated rings. The summed E-state index contributed by atoms with van der Waals surface area (Å²) < 4.78 is 10.9. The Hall–Kier alpha value is -1.46.